The third-order valence-electron chi connectivity index (χ3n) is 6.75. The van der Waals surface area contributed by atoms with Crippen LogP contribution in [0.5, 0.6) is 0 Å². The molecular formula is C21H29N3O4. The lowest BCUT2D eigenvalue weighted by atomic mass is 9.49. The first kappa shape index (κ1) is 19.0. The number of hydrogen-bond donors (Lipinski definition) is 3. The highest BCUT2D eigenvalue weighted by Crippen LogP contribution is 2.61. The van der Waals surface area contributed by atoms with E-state index < -0.39 is 11.8 Å². The minimum atomic E-state index is -0.454. The Labute approximate surface area is 165 Å². The van der Waals surface area contributed by atoms with E-state index in [9.17, 15) is 14.4 Å². The molecule has 3 amide bonds. The molecule has 0 unspecified atom stereocenters. The van der Waals surface area contributed by atoms with E-state index in [1.165, 1.54) is 38.5 Å². The molecule has 4 bridgehead atoms. The lowest BCUT2D eigenvalue weighted by molar-refractivity contribution is -0.132. The lowest BCUT2D eigenvalue weighted by Gasteiger charge is -2.56. The van der Waals surface area contributed by atoms with Gasteiger partial charge >= 0.3 is 0 Å². The van der Waals surface area contributed by atoms with E-state index in [-0.39, 0.29) is 17.9 Å². The van der Waals surface area contributed by atoms with Gasteiger partial charge < -0.3 is 9.73 Å². The fourth-order valence-corrected chi connectivity index (χ4v) is 6.18. The van der Waals surface area contributed by atoms with Crippen molar-refractivity contribution in [2.24, 2.45) is 23.2 Å². The molecule has 1 aromatic rings. The number of carbonyl (C=O) groups excluding carboxylic acids is 3. The van der Waals surface area contributed by atoms with Gasteiger partial charge in [-0.3, -0.25) is 25.2 Å². The van der Waals surface area contributed by atoms with Gasteiger partial charge in [0.2, 0.25) is 5.91 Å². The van der Waals surface area contributed by atoms with Crippen molar-refractivity contribution in [2.45, 2.75) is 58.8 Å². The smallest absolute Gasteiger partial charge is 0.273 e. The number of carbonyl (C=O) groups is 3. The third-order valence-corrected chi connectivity index (χ3v) is 6.75. The Kier molecular flexibility index (Phi) is 4.93. The van der Waals surface area contributed by atoms with Crippen LogP contribution in [0.3, 0.4) is 0 Å². The molecule has 7 nitrogen and oxygen atoms in total. The standard InChI is InChI=1S/C21H29N3O4/c1-12-3-17(13(2)28-12)20(27)24-23-19(26)11-22-18(25)10-21-7-14-4-15(8-21)6-16(5-14)9-21/h3,14-16H,4-11H2,1-2H3,(H,22,25)(H,23,26)(H,24,27). The van der Waals surface area contributed by atoms with Crippen molar-refractivity contribution in [3.63, 3.8) is 0 Å². The van der Waals surface area contributed by atoms with Crippen LogP contribution in [0, 0.1) is 37.0 Å². The van der Waals surface area contributed by atoms with Crippen molar-refractivity contribution in [1.82, 2.24) is 16.2 Å². The number of furan rings is 1. The normalized spacial score (nSPS) is 30.1. The Morgan fingerprint density at radius 1 is 1.00 bits per heavy atom. The molecule has 0 atom stereocenters. The molecule has 4 aliphatic carbocycles. The summed E-state index contributed by atoms with van der Waals surface area (Å²) in [6.45, 7) is 3.30. The van der Waals surface area contributed by atoms with Crippen molar-refractivity contribution in [1.29, 1.82) is 0 Å². The van der Waals surface area contributed by atoms with E-state index in [0.717, 1.165) is 17.8 Å². The van der Waals surface area contributed by atoms with Crippen LogP contribution in [-0.2, 0) is 9.59 Å². The zero-order chi connectivity index (χ0) is 19.9. The molecule has 0 spiro atoms. The molecule has 152 valence electrons. The van der Waals surface area contributed by atoms with Gasteiger partial charge in [0, 0.05) is 6.42 Å². The van der Waals surface area contributed by atoms with Gasteiger partial charge in [-0.25, -0.2) is 0 Å². The van der Waals surface area contributed by atoms with Crippen LogP contribution < -0.4 is 16.2 Å². The quantitative estimate of drug-likeness (QED) is 0.675. The van der Waals surface area contributed by atoms with Gasteiger partial charge in [0.15, 0.2) is 0 Å². The Hall–Kier alpha value is -2.31. The molecule has 4 aliphatic rings. The highest BCUT2D eigenvalue weighted by atomic mass is 16.3. The summed E-state index contributed by atoms with van der Waals surface area (Å²) in [5.41, 5.74) is 5.22. The highest BCUT2D eigenvalue weighted by molar-refractivity contribution is 5.96. The van der Waals surface area contributed by atoms with Crippen LogP contribution in [0.25, 0.3) is 0 Å². The maximum atomic E-state index is 12.4. The van der Waals surface area contributed by atoms with E-state index in [1.807, 2.05) is 0 Å². The molecule has 4 saturated carbocycles. The monoisotopic (exact) mass is 387 g/mol. The molecule has 7 heteroatoms. The molecule has 5 rings (SSSR count). The van der Waals surface area contributed by atoms with Crippen molar-refractivity contribution in [3.8, 4) is 0 Å². The molecule has 0 aliphatic heterocycles. The third kappa shape index (κ3) is 3.93. The molecule has 0 radical (unpaired) electrons. The number of hydrazine groups is 1. The van der Waals surface area contributed by atoms with Gasteiger partial charge in [-0.1, -0.05) is 0 Å². The number of nitrogens with one attached hydrogen (secondary N) is 3. The summed E-state index contributed by atoms with van der Waals surface area (Å²) < 4.78 is 5.31. The largest absolute Gasteiger partial charge is 0.466 e. The number of amides is 3. The predicted octanol–water partition coefficient (Wildman–Crippen LogP) is 2.38. The summed E-state index contributed by atoms with van der Waals surface area (Å²) in [4.78, 5) is 36.5. The first-order valence-corrected chi connectivity index (χ1v) is 10.2. The highest BCUT2D eigenvalue weighted by Gasteiger charge is 2.51. The zero-order valence-electron chi connectivity index (χ0n) is 16.6. The van der Waals surface area contributed by atoms with Gasteiger partial charge in [-0.2, -0.15) is 0 Å². The average molecular weight is 387 g/mol. The average Bonchev–Trinajstić information content (AvgIpc) is 2.94. The molecule has 0 saturated heterocycles. The molecule has 4 fully saturated rings. The van der Waals surface area contributed by atoms with Crippen molar-refractivity contribution >= 4 is 17.7 Å². The van der Waals surface area contributed by atoms with Crippen molar-refractivity contribution < 1.29 is 18.8 Å². The molecule has 28 heavy (non-hydrogen) atoms. The fraction of sp³-hybridized carbons (Fsp3) is 0.667. The Bertz CT molecular complexity index is 762. The SMILES string of the molecule is Cc1cc(C(=O)NNC(=O)CNC(=O)CC23CC4CC(CC(C4)C2)C3)c(C)o1. The molecular weight excluding hydrogens is 358 g/mol. The van der Waals surface area contributed by atoms with Crippen LogP contribution in [-0.4, -0.2) is 24.3 Å². The summed E-state index contributed by atoms with van der Waals surface area (Å²) in [7, 11) is 0. The number of hydrogen-bond acceptors (Lipinski definition) is 4. The van der Waals surface area contributed by atoms with E-state index >= 15 is 0 Å². The van der Waals surface area contributed by atoms with Gasteiger partial charge in [0.1, 0.15) is 11.5 Å². The van der Waals surface area contributed by atoms with Gasteiger partial charge in [0.25, 0.3) is 11.8 Å². The lowest BCUT2D eigenvalue weighted by Crippen LogP contribution is -2.49. The first-order valence-electron chi connectivity index (χ1n) is 10.2. The van der Waals surface area contributed by atoms with Crippen molar-refractivity contribution in [2.75, 3.05) is 6.54 Å². The van der Waals surface area contributed by atoms with Gasteiger partial charge in [-0.05, 0) is 81.6 Å². The van der Waals surface area contributed by atoms with Crippen LogP contribution in [0.2, 0.25) is 0 Å². The second-order valence-corrected chi connectivity index (χ2v) is 9.20. The second-order valence-electron chi connectivity index (χ2n) is 9.20. The topological polar surface area (TPSA) is 100 Å². The minimum absolute atomic E-state index is 0.0651. The number of aryl methyl sites for hydroxylation is 2. The van der Waals surface area contributed by atoms with E-state index in [1.54, 1.807) is 19.9 Å². The van der Waals surface area contributed by atoms with E-state index in [0.29, 0.717) is 23.5 Å². The van der Waals surface area contributed by atoms with Crippen LogP contribution >= 0.6 is 0 Å². The number of rotatable bonds is 5. The zero-order valence-corrected chi connectivity index (χ0v) is 16.6. The molecule has 1 aromatic heterocycles. The van der Waals surface area contributed by atoms with E-state index in [4.69, 9.17) is 4.42 Å². The van der Waals surface area contributed by atoms with Crippen LogP contribution in [0.15, 0.2) is 10.5 Å². The summed E-state index contributed by atoms with van der Waals surface area (Å²) in [5, 5.41) is 2.72. The Morgan fingerprint density at radius 2 is 1.61 bits per heavy atom. The van der Waals surface area contributed by atoms with Crippen LogP contribution in [0.1, 0.15) is 66.8 Å². The molecule has 0 aromatic carbocycles. The molecule has 3 N–H and O–H groups in total. The first-order chi connectivity index (χ1) is 13.3. The van der Waals surface area contributed by atoms with E-state index in [2.05, 4.69) is 16.2 Å². The fourth-order valence-electron chi connectivity index (χ4n) is 6.18. The maximum Gasteiger partial charge on any atom is 0.273 e. The van der Waals surface area contributed by atoms with Crippen molar-refractivity contribution in [3.05, 3.63) is 23.2 Å². The van der Waals surface area contributed by atoms with Gasteiger partial charge in [0.05, 0.1) is 12.1 Å². The summed E-state index contributed by atoms with van der Waals surface area (Å²) in [6.07, 6.45) is 8.05. The Morgan fingerprint density at radius 3 is 2.14 bits per heavy atom. The second kappa shape index (κ2) is 7.26. The summed E-state index contributed by atoms with van der Waals surface area (Å²) in [5.74, 6) is 2.56. The Balaban J connectivity index is 1.21. The summed E-state index contributed by atoms with van der Waals surface area (Å²) in [6, 6.07) is 1.62. The van der Waals surface area contributed by atoms with Crippen LogP contribution in [0.4, 0.5) is 0 Å². The summed E-state index contributed by atoms with van der Waals surface area (Å²) >= 11 is 0. The van der Waals surface area contributed by atoms with Gasteiger partial charge in [-0.15, -0.1) is 0 Å². The minimum Gasteiger partial charge on any atom is -0.466 e. The maximum absolute atomic E-state index is 12.4. The molecule has 1 heterocycles. The predicted molar refractivity (Wildman–Crippen MR) is 102 cm³/mol.